The maximum atomic E-state index is 9.97. The van der Waals surface area contributed by atoms with Crippen molar-refractivity contribution in [2.24, 2.45) is 5.41 Å². The molecule has 132 valence electrons. The van der Waals surface area contributed by atoms with Crippen molar-refractivity contribution in [3.8, 4) is 5.82 Å². The number of aliphatic hydroxyl groups is 1. The van der Waals surface area contributed by atoms with E-state index in [-0.39, 0.29) is 0 Å². The van der Waals surface area contributed by atoms with Gasteiger partial charge in [0.1, 0.15) is 12.1 Å². The SMILES string of the molecule is CC1(O)CN(c2cc(-n3ncc4ccc([C@@H]5CC56CC6)cc43)ncn2)C1. The molecular weight excluding hydrogens is 326 g/mol. The summed E-state index contributed by atoms with van der Waals surface area (Å²) < 4.78 is 1.91. The molecule has 6 nitrogen and oxygen atoms in total. The second kappa shape index (κ2) is 4.62. The van der Waals surface area contributed by atoms with Crippen LogP contribution in [0.25, 0.3) is 16.7 Å². The van der Waals surface area contributed by atoms with Crippen LogP contribution in [0.15, 0.2) is 36.8 Å². The maximum absolute atomic E-state index is 9.97. The summed E-state index contributed by atoms with van der Waals surface area (Å²) in [5, 5.41) is 15.7. The fourth-order valence-electron chi connectivity index (χ4n) is 4.53. The number of hydrogen-bond donors (Lipinski definition) is 1. The summed E-state index contributed by atoms with van der Waals surface area (Å²) in [7, 11) is 0. The molecule has 2 aliphatic carbocycles. The number of fused-ring (bicyclic) bond motifs is 1. The number of nitrogens with zero attached hydrogens (tertiary/aromatic N) is 5. The molecular formula is C20H21N5O. The number of benzene rings is 1. The molecule has 0 bridgehead atoms. The molecule has 0 unspecified atom stereocenters. The Morgan fingerprint density at radius 3 is 2.65 bits per heavy atom. The van der Waals surface area contributed by atoms with Gasteiger partial charge in [-0.2, -0.15) is 5.10 Å². The first-order chi connectivity index (χ1) is 12.5. The summed E-state index contributed by atoms with van der Waals surface area (Å²) in [6, 6.07) is 8.68. The maximum Gasteiger partial charge on any atom is 0.159 e. The molecule has 0 radical (unpaired) electrons. The van der Waals surface area contributed by atoms with Crippen LogP contribution < -0.4 is 4.90 Å². The van der Waals surface area contributed by atoms with E-state index in [9.17, 15) is 5.11 Å². The zero-order valence-corrected chi connectivity index (χ0v) is 14.8. The van der Waals surface area contributed by atoms with Crippen LogP contribution in [0, 0.1) is 5.41 Å². The van der Waals surface area contributed by atoms with Crippen molar-refractivity contribution in [3.05, 3.63) is 42.4 Å². The minimum absolute atomic E-state index is 0.594. The summed E-state index contributed by atoms with van der Waals surface area (Å²) in [5.74, 6) is 2.34. The zero-order chi connectivity index (χ0) is 17.5. The lowest BCUT2D eigenvalue weighted by atomic mass is 9.97. The Morgan fingerprint density at radius 1 is 1.12 bits per heavy atom. The molecule has 6 heteroatoms. The molecule has 3 aliphatic rings. The topological polar surface area (TPSA) is 67.1 Å². The van der Waals surface area contributed by atoms with Crippen molar-refractivity contribution in [1.29, 1.82) is 0 Å². The molecule has 3 fully saturated rings. The molecule has 1 aromatic carbocycles. The highest BCUT2D eigenvalue weighted by Crippen LogP contribution is 2.75. The van der Waals surface area contributed by atoms with Gasteiger partial charge in [0.2, 0.25) is 0 Å². The van der Waals surface area contributed by atoms with Crippen molar-refractivity contribution in [2.45, 2.75) is 37.7 Å². The van der Waals surface area contributed by atoms with Gasteiger partial charge in [-0.3, -0.25) is 0 Å². The van der Waals surface area contributed by atoms with Gasteiger partial charge in [-0.25, -0.2) is 14.6 Å². The van der Waals surface area contributed by atoms with Gasteiger partial charge in [-0.1, -0.05) is 12.1 Å². The third kappa shape index (κ3) is 2.11. The molecule has 26 heavy (non-hydrogen) atoms. The molecule has 1 spiro atoms. The standard InChI is InChI=1S/C20H21N5O/c1-19(26)10-24(11-19)17-7-18(22-12-21-17)25-16-6-13(2-3-14(16)9-23-25)15-8-20(15)4-5-20/h2-3,6-7,9,12,15,26H,4-5,8,10-11H2,1H3/t15-/m0/s1. The Kier molecular flexibility index (Phi) is 2.61. The first kappa shape index (κ1) is 14.7. The van der Waals surface area contributed by atoms with Gasteiger partial charge in [-0.15, -0.1) is 0 Å². The zero-order valence-electron chi connectivity index (χ0n) is 14.8. The van der Waals surface area contributed by atoms with Crippen molar-refractivity contribution in [2.75, 3.05) is 18.0 Å². The van der Waals surface area contributed by atoms with Crippen LogP contribution in [0.1, 0.15) is 37.7 Å². The van der Waals surface area contributed by atoms with Gasteiger partial charge in [0, 0.05) is 24.5 Å². The highest BCUT2D eigenvalue weighted by Gasteiger charge is 2.62. The smallest absolute Gasteiger partial charge is 0.159 e. The highest BCUT2D eigenvalue weighted by atomic mass is 16.3. The first-order valence-corrected chi connectivity index (χ1v) is 9.31. The molecule has 3 aromatic rings. The van der Waals surface area contributed by atoms with Crippen LogP contribution >= 0.6 is 0 Å². The fraction of sp³-hybridized carbons (Fsp3) is 0.450. The van der Waals surface area contributed by atoms with E-state index in [2.05, 4.69) is 38.2 Å². The van der Waals surface area contributed by atoms with Gasteiger partial charge in [-0.05, 0) is 49.1 Å². The van der Waals surface area contributed by atoms with E-state index in [0.29, 0.717) is 18.5 Å². The Bertz CT molecular complexity index is 1030. The van der Waals surface area contributed by atoms with E-state index in [4.69, 9.17) is 0 Å². The second-order valence-corrected chi connectivity index (χ2v) is 8.58. The van der Waals surface area contributed by atoms with E-state index in [1.165, 1.54) is 24.8 Å². The molecule has 2 saturated carbocycles. The van der Waals surface area contributed by atoms with E-state index < -0.39 is 5.60 Å². The molecule has 1 aliphatic heterocycles. The van der Waals surface area contributed by atoms with Crippen LogP contribution in [-0.4, -0.2) is 43.5 Å². The average Bonchev–Trinajstić information content (AvgIpc) is 3.51. The molecule has 1 N–H and O–H groups in total. The predicted molar refractivity (Wildman–Crippen MR) is 98.5 cm³/mol. The Balaban J connectivity index is 1.38. The Labute approximate surface area is 151 Å². The summed E-state index contributed by atoms with van der Waals surface area (Å²) in [5.41, 5.74) is 2.56. The quantitative estimate of drug-likeness (QED) is 0.789. The van der Waals surface area contributed by atoms with Crippen molar-refractivity contribution in [3.63, 3.8) is 0 Å². The van der Waals surface area contributed by atoms with E-state index in [1.54, 1.807) is 6.33 Å². The van der Waals surface area contributed by atoms with Gasteiger partial charge in [0.05, 0.1) is 17.3 Å². The largest absolute Gasteiger partial charge is 0.386 e. The van der Waals surface area contributed by atoms with Crippen molar-refractivity contribution in [1.82, 2.24) is 19.7 Å². The van der Waals surface area contributed by atoms with Crippen LogP contribution in [0.4, 0.5) is 5.82 Å². The molecule has 2 aromatic heterocycles. The van der Waals surface area contributed by atoms with Gasteiger partial charge in [0.15, 0.2) is 5.82 Å². The number of hydrogen-bond acceptors (Lipinski definition) is 5. The molecule has 1 atom stereocenters. The summed E-state index contributed by atoms with van der Waals surface area (Å²) in [6.45, 7) is 3.03. The number of anilines is 1. The van der Waals surface area contributed by atoms with E-state index in [1.807, 2.05) is 23.9 Å². The lowest BCUT2D eigenvalue weighted by Gasteiger charge is -2.44. The lowest BCUT2D eigenvalue weighted by Crippen LogP contribution is -2.60. The number of β-amino-alcohol motifs (C(OH)–C–C–N with tert-alkyl or cyclic N) is 1. The third-order valence-corrected chi connectivity index (χ3v) is 6.32. The Hall–Kier alpha value is -2.47. The molecule has 1 saturated heterocycles. The van der Waals surface area contributed by atoms with Crippen LogP contribution in [-0.2, 0) is 0 Å². The average molecular weight is 347 g/mol. The molecule has 0 amide bonds. The highest BCUT2D eigenvalue weighted by molar-refractivity contribution is 5.81. The third-order valence-electron chi connectivity index (χ3n) is 6.32. The number of rotatable bonds is 3. The minimum atomic E-state index is -0.624. The van der Waals surface area contributed by atoms with Gasteiger partial charge in [0.25, 0.3) is 0 Å². The normalized spacial score (nSPS) is 24.7. The molecule has 3 heterocycles. The molecule has 6 rings (SSSR count). The van der Waals surface area contributed by atoms with Crippen molar-refractivity contribution >= 4 is 16.7 Å². The monoisotopic (exact) mass is 347 g/mol. The number of aromatic nitrogens is 4. The summed E-state index contributed by atoms with van der Waals surface area (Å²) in [4.78, 5) is 10.9. The van der Waals surface area contributed by atoms with Crippen LogP contribution in [0.5, 0.6) is 0 Å². The van der Waals surface area contributed by atoms with Crippen LogP contribution in [0.2, 0.25) is 0 Å². The Morgan fingerprint density at radius 2 is 1.92 bits per heavy atom. The summed E-state index contributed by atoms with van der Waals surface area (Å²) >= 11 is 0. The van der Waals surface area contributed by atoms with E-state index >= 15 is 0 Å². The van der Waals surface area contributed by atoms with Crippen LogP contribution in [0.3, 0.4) is 0 Å². The van der Waals surface area contributed by atoms with Gasteiger partial charge >= 0.3 is 0 Å². The summed E-state index contributed by atoms with van der Waals surface area (Å²) in [6.07, 6.45) is 7.61. The lowest BCUT2D eigenvalue weighted by molar-refractivity contribution is 0.0305. The first-order valence-electron chi connectivity index (χ1n) is 9.31. The van der Waals surface area contributed by atoms with Gasteiger partial charge < -0.3 is 10.0 Å². The van der Waals surface area contributed by atoms with Crippen molar-refractivity contribution < 1.29 is 5.11 Å². The predicted octanol–water partition coefficient (Wildman–Crippen LogP) is 2.65. The van der Waals surface area contributed by atoms with E-state index in [0.717, 1.165) is 28.5 Å². The second-order valence-electron chi connectivity index (χ2n) is 8.58. The minimum Gasteiger partial charge on any atom is -0.386 e. The fourth-order valence-corrected chi connectivity index (χ4v) is 4.53.